The molecule has 0 bridgehead atoms. The van der Waals surface area contributed by atoms with Crippen LogP contribution in [-0.4, -0.2) is 39.7 Å². The second kappa shape index (κ2) is 12.4. The Kier molecular flexibility index (Phi) is 8.65. The number of nitrogens with one attached hydrogen (secondary N) is 2. The van der Waals surface area contributed by atoms with Crippen LogP contribution in [0, 0.1) is 18.8 Å². The van der Waals surface area contributed by atoms with E-state index in [1.165, 1.54) is 7.11 Å². The standard InChI is InChI=1S/C32H33N3O7S/c1-18(2)28(32(38)41-4)35(43(39)40)24-16-12-21(13-17-24)20-10-14-23(15-11-20)33-31(37)29-19(3)27-25(6-5-7-26(27)42-29)34-30(36)22-8-9-22/h5-7,10-18,22,28H,8-9H2,1-4H3,(H,33,37)(H,34,36)(H,39,40)/p-1. The lowest BCUT2D eigenvalue weighted by atomic mass is 10.0. The van der Waals surface area contributed by atoms with Crippen molar-refractivity contribution < 1.29 is 32.3 Å². The van der Waals surface area contributed by atoms with Gasteiger partial charge in [-0.25, -0.2) is 4.79 Å². The quantitative estimate of drug-likeness (QED) is 0.172. The van der Waals surface area contributed by atoms with Crippen LogP contribution in [0.5, 0.6) is 0 Å². The molecule has 1 aliphatic carbocycles. The topological polar surface area (TPSA) is 141 Å². The summed E-state index contributed by atoms with van der Waals surface area (Å²) in [4.78, 5) is 37.8. The molecule has 1 heterocycles. The van der Waals surface area contributed by atoms with E-state index in [4.69, 9.17) is 9.15 Å². The van der Waals surface area contributed by atoms with Crippen LogP contribution in [0.1, 0.15) is 42.8 Å². The predicted octanol–water partition coefficient (Wildman–Crippen LogP) is 5.81. The maximum atomic E-state index is 13.2. The summed E-state index contributed by atoms with van der Waals surface area (Å²) in [6.07, 6.45) is 1.78. The Labute approximate surface area is 251 Å². The number of ether oxygens (including phenoxy) is 1. The Bertz CT molecular complexity index is 1690. The molecule has 1 fully saturated rings. The first kappa shape index (κ1) is 30.0. The molecule has 0 radical (unpaired) electrons. The van der Waals surface area contributed by atoms with Gasteiger partial charge in [0.25, 0.3) is 5.91 Å². The van der Waals surface area contributed by atoms with Crippen LogP contribution in [0.2, 0.25) is 0 Å². The minimum atomic E-state index is -2.70. The molecule has 2 N–H and O–H groups in total. The number of hydrogen-bond donors (Lipinski definition) is 2. The monoisotopic (exact) mass is 602 g/mol. The summed E-state index contributed by atoms with van der Waals surface area (Å²) in [5.41, 5.74) is 4.31. The highest BCUT2D eigenvalue weighted by atomic mass is 32.2. The number of anilines is 3. The number of benzene rings is 3. The average molecular weight is 603 g/mol. The van der Waals surface area contributed by atoms with Crippen molar-refractivity contribution in [3.63, 3.8) is 0 Å². The van der Waals surface area contributed by atoms with Gasteiger partial charge in [0.1, 0.15) is 11.6 Å². The molecule has 0 spiro atoms. The van der Waals surface area contributed by atoms with Gasteiger partial charge >= 0.3 is 5.97 Å². The van der Waals surface area contributed by atoms with E-state index in [2.05, 4.69) is 10.6 Å². The normalized spacial score (nSPS) is 14.3. The first-order valence-corrected chi connectivity index (χ1v) is 14.9. The van der Waals surface area contributed by atoms with Gasteiger partial charge in [0.2, 0.25) is 5.91 Å². The fourth-order valence-electron chi connectivity index (χ4n) is 5.04. The van der Waals surface area contributed by atoms with Gasteiger partial charge in [0, 0.05) is 39.5 Å². The van der Waals surface area contributed by atoms with Crippen molar-refractivity contribution in [1.82, 2.24) is 0 Å². The van der Waals surface area contributed by atoms with Crippen molar-refractivity contribution in [2.75, 3.05) is 22.0 Å². The Morgan fingerprint density at radius 1 is 0.977 bits per heavy atom. The SMILES string of the molecule is COC(=O)C(C(C)C)N(c1ccc(-c2ccc(NC(=O)c3oc4cccc(NC(=O)C5CC5)c4c3C)cc2)cc1)S(=O)[O-]. The average Bonchev–Trinajstić information content (AvgIpc) is 3.79. The third-order valence-corrected chi connectivity index (χ3v) is 8.21. The van der Waals surface area contributed by atoms with Crippen molar-refractivity contribution >= 4 is 57.1 Å². The van der Waals surface area contributed by atoms with E-state index >= 15 is 0 Å². The summed E-state index contributed by atoms with van der Waals surface area (Å²) >= 11 is -2.70. The van der Waals surface area contributed by atoms with Crippen molar-refractivity contribution in [2.24, 2.45) is 11.8 Å². The van der Waals surface area contributed by atoms with Gasteiger partial charge < -0.3 is 24.3 Å². The molecule has 0 aliphatic heterocycles. The first-order valence-electron chi connectivity index (χ1n) is 13.9. The molecule has 2 atom stereocenters. The number of hydrogen-bond acceptors (Lipinski definition) is 7. The van der Waals surface area contributed by atoms with Gasteiger partial charge in [-0.05, 0) is 73.2 Å². The molecule has 4 aromatic rings. The van der Waals surface area contributed by atoms with Crippen LogP contribution in [-0.2, 0) is 25.6 Å². The van der Waals surface area contributed by atoms with Crippen molar-refractivity contribution in [3.05, 3.63) is 78.1 Å². The maximum Gasteiger partial charge on any atom is 0.329 e. The summed E-state index contributed by atoms with van der Waals surface area (Å²) in [6, 6.07) is 18.3. The van der Waals surface area contributed by atoms with E-state index in [-0.39, 0.29) is 23.5 Å². The first-order chi connectivity index (χ1) is 20.6. The van der Waals surface area contributed by atoms with Gasteiger partial charge in [-0.2, -0.15) is 0 Å². The fraction of sp³-hybridized carbons (Fsp3) is 0.281. The lowest BCUT2D eigenvalue weighted by molar-refractivity contribution is -0.143. The number of nitrogens with zero attached hydrogens (tertiary/aromatic N) is 1. The van der Waals surface area contributed by atoms with Crippen molar-refractivity contribution in [1.29, 1.82) is 0 Å². The lowest BCUT2D eigenvalue weighted by Crippen LogP contribution is -2.46. The van der Waals surface area contributed by atoms with E-state index in [1.54, 1.807) is 75.4 Å². The summed E-state index contributed by atoms with van der Waals surface area (Å²) in [7, 11) is 1.23. The molecule has 1 aliphatic rings. The Hall–Kier alpha value is -4.48. The number of fused-ring (bicyclic) bond motifs is 1. The summed E-state index contributed by atoms with van der Waals surface area (Å²) in [6.45, 7) is 5.29. The molecule has 5 rings (SSSR count). The van der Waals surface area contributed by atoms with Crippen LogP contribution in [0.15, 0.2) is 71.1 Å². The molecule has 2 amide bonds. The van der Waals surface area contributed by atoms with Gasteiger partial charge in [-0.15, -0.1) is 0 Å². The van der Waals surface area contributed by atoms with Crippen LogP contribution >= 0.6 is 0 Å². The molecule has 43 heavy (non-hydrogen) atoms. The smallest absolute Gasteiger partial charge is 0.329 e. The minimum Gasteiger partial charge on any atom is -0.755 e. The molecule has 1 saturated carbocycles. The zero-order chi connectivity index (χ0) is 30.8. The van der Waals surface area contributed by atoms with E-state index in [9.17, 15) is 23.1 Å². The van der Waals surface area contributed by atoms with Crippen LogP contribution in [0.3, 0.4) is 0 Å². The van der Waals surface area contributed by atoms with Crippen molar-refractivity contribution in [3.8, 4) is 11.1 Å². The van der Waals surface area contributed by atoms with Crippen LogP contribution < -0.4 is 14.9 Å². The van der Waals surface area contributed by atoms with Gasteiger partial charge in [0.15, 0.2) is 5.76 Å². The highest BCUT2D eigenvalue weighted by Crippen LogP contribution is 2.35. The van der Waals surface area contributed by atoms with E-state index in [1.807, 2.05) is 12.1 Å². The number of carbonyl (C=O) groups excluding carboxylic acids is 3. The molecule has 0 saturated heterocycles. The second-order valence-corrected chi connectivity index (χ2v) is 11.7. The Balaban J connectivity index is 1.31. The third kappa shape index (κ3) is 6.32. The van der Waals surface area contributed by atoms with E-state index in [0.29, 0.717) is 33.6 Å². The number of esters is 1. The second-order valence-electron chi connectivity index (χ2n) is 10.8. The minimum absolute atomic E-state index is 0.0209. The number of carbonyl (C=O) groups is 3. The summed E-state index contributed by atoms with van der Waals surface area (Å²) in [5, 5.41) is 6.52. The molecule has 1 aromatic heterocycles. The highest BCUT2D eigenvalue weighted by Gasteiger charge is 2.32. The van der Waals surface area contributed by atoms with E-state index < -0.39 is 29.2 Å². The molecular formula is C32H32N3O7S-. The zero-order valence-electron chi connectivity index (χ0n) is 24.2. The third-order valence-electron chi connectivity index (χ3n) is 7.45. The molecule has 2 unspecified atom stereocenters. The molecule has 224 valence electrons. The Morgan fingerprint density at radius 2 is 1.60 bits per heavy atom. The molecule has 11 heteroatoms. The van der Waals surface area contributed by atoms with E-state index in [0.717, 1.165) is 28.3 Å². The maximum absolute atomic E-state index is 13.2. The fourth-order valence-corrected chi connectivity index (χ4v) is 5.85. The highest BCUT2D eigenvalue weighted by molar-refractivity contribution is 7.80. The van der Waals surface area contributed by atoms with Crippen LogP contribution in [0.25, 0.3) is 22.1 Å². The predicted molar refractivity (Wildman–Crippen MR) is 164 cm³/mol. The van der Waals surface area contributed by atoms with Gasteiger partial charge in [-0.3, -0.25) is 18.1 Å². The molecule has 10 nitrogen and oxygen atoms in total. The van der Waals surface area contributed by atoms with Crippen molar-refractivity contribution in [2.45, 2.75) is 39.7 Å². The Morgan fingerprint density at radius 3 is 2.16 bits per heavy atom. The largest absolute Gasteiger partial charge is 0.755 e. The molecule has 3 aromatic carbocycles. The number of rotatable bonds is 10. The number of aryl methyl sites for hydroxylation is 1. The molecular weight excluding hydrogens is 570 g/mol. The zero-order valence-corrected chi connectivity index (χ0v) is 25.0. The van der Waals surface area contributed by atoms with Crippen LogP contribution in [0.4, 0.5) is 17.1 Å². The number of amides is 2. The number of methoxy groups -OCH3 is 1. The van der Waals surface area contributed by atoms with Gasteiger partial charge in [-0.1, -0.05) is 44.2 Å². The van der Waals surface area contributed by atoms with Gasteiger partial charge in [0.05, 0.1) is 12.8 Å². The summed E-state index contributed by atoms with van der Waals surface area (Å²) < 4.78 is 35.9. The number of furan rings is 1. The lowest BCUT2D eigenvalue weighted by Gasteiger charge is -2.35. The summed E-state index contributed by atoms with van der Waals surface area (Å²) in [5.74, 6) is -1.18.